The van der Waals surface area contributed by atoms with Gasteiger partial charge in [-0.05, 0) is 55.0 Å². The molecular formula is C24H27FN4O3. The van der Waals surface area contributed by atoms with Crippen LogP contribution in [-0.2, 0) is 0 Å². The lowest BCUT2D eigenvalue weighted by Crippen LogP contribution is -2.44. The molecule has 3 N–H and O–H groups in total. The van der Waals surface area contributed by atoms with Gasteiger partial charge >= 0.3 is 6.09 Å². The number of hydrogen-bond donors (Lipinski definition) is 3. The van der Waals surface area contributed by atoms with Crippen molar-refractivity contribution >= 4 is 22.8 Å². The largest absolute Gasteiger partial charge is 0.507 e. The number of halogens is 1. The Kier molecular flexibility index (Phi) is 5.86. The Labute approximate surface area is 185 Å². The summed E-state index contributed by atoms with van der Waals surface area (Å²) in [4.78, 5) is 22.6. The molecule has 1 aliphatic heterocycles. The van der Waals surface area contributed by atoms with Gasteiger partial charge in [-0.15, -0.1) is 0 Å². The average molecular weight is 439 g/mol. The van der Waals surface area contributed by atoms with Crippen LogP contribution < -0.4 is 10.2 Å². The molecule has 0 saturated carbocycles. The van der Waals surface area contributed by atoms with Gasteiger partial charge in [-0.1, -0.05) is 26.0 Å². The first-order valence-electron chi connectivity index (χ1n) is 10.7. The van der Waals surface area contributed by atoms with Crippen molar-refractivity contribution in [3.63, 3.8) is 0 Å². The maximum atomic E-state index is 14.6. The predicted molar refractivity (Wildman–Crippen MR) is 121 cm³/mol. The van der Waals surface area contributed by atoms with E-state index in [1.165, 1.54) is 18.2 Å². The van der Waals surface area contributed by atoms with Gasteiger partial charge in [0.2, 0.25) is 0 Å². The van der Waals surface area contributed by atoms with Crippen molar-refractivity contribution in [3.8, 4) is 17.1 Å². The van der Waals surface area contributed by atoms with Gasteiger partial charge in [-0.25, -0.2) is 19.2 Å². The summed E-state index contributed by atoms with van der Waals surface area (Å²) in [5, 5.41) is 23.0. The number of carboxylic acid groups (broad SMARTS) is 1. The Bertz CT molecular complexity index is 1150. The number of nitrogens with one attached hydrogen (secondary N) is 1. The highest BCUT2D eigenvalue weighted by Crippen LogP contribution is 2.36. The number of rotatable bonds is 5. The molecule has 2 unspecified atom stereocenters. The number of fused-ring (bicyclic) bond motifs is 1. The number of hydrogen-bond acceptors (Lipinski definition) is 5. The Morgan fingerprint density at radius 2 is 2.03 bits per heavy atom. The number of aryl methyl sites for hydroxylation is 1. The van der Waals surface area contributed by atoms with E-state index in [1.54, 1.807) is 0 Å². The zero-order chi connectivity index (χ0) is 23.0. The summed E-state index contributed by atoms with van der Waals surface area (Å²) in [7, 11) is 0. The van der Waals surface area contributed by atoms with Gasteiger partial charge in [-0.3, -0.25) is 0 Å². The highest BCUT2D eigenvalue weighted by molar-refractivity contribution is 5.92. The summed E-state index contributed by atoms with van der Waals surface area (Å²) in [5.74, 6) is 0.244. The molecule has 8 heteroatoms. The van der Waals surface area contributed by atoms with Crippen LogP contribution in [0.4, 0.5) is 15.0 Å². The minimum atomic E-state index is -1.03. The van der Waals surface area contributed by atoms with Gasteiger partial charge in [0.05, 0.1) is 11.1 Å². The molecule has 2 aromatic carbocycles. The standard InChI is InChI=1S/C24H27FN4O3/c1-13(2)21(27-24(31)32)15-9-10-29(12-15)23-16-8-7-14(3)11-18(16)26-22(28-23)20-17(25)5-4-6-19(20)30/h4-8,11,13,15,21,27,30H,9-10,12H2,1-3H3,(H,31,32). The third-order valence-corrected chi connectivity index (χ3v) is 6.09. The Morgan fingerprint density at radius 3 is 2.72 bits per heavy atom. The van der Waals surface area contributed by atoms with E-state index in [1.807, 2.05) is 39.0 Å². The lowest BCUT2D eigenvalue weighted by atomic mass is 9.90. The smallest absolute Gasteiger partial charge is 0.404 e. The molecule has 0 spiro atoms. The van der Waals surface area contributed by atoms with Crippen LogP contribution in [0, 0.1) is 24.6 Å². The number of anilines is 1. The maximum Gasteiger partial charge on any atom is 0.404 e. The first kappa shape index (κ1) is 21.8. The second-order valence-electron chi connectivity index (χ2n) is 8.74. The quantitative estimate of drug-likeness (QED) is 0.540. The van der Waals surface area contributed by atoms with Crippen molar-refractivity contribution < 1.29 is 19.4 Å². The molecule has 1 aliphatic rings. The normalized spacial score (nSPS) is 17.2. The van der Waals surface area contributed by atoms with Gasteiger partial charge < -0.3 is 20.4 Å². The second-order valence-corrected chi connectivity index (χ2v) is 8.74. The number of aromatic nitrogens is 2. The van der Waals surface area contributed by atoms with Crippen molar-refractivity contribution in [1.82, 2.24) is 15.3 Å². The van der Waals surface area contributed by atoms with Crippen molar-refractivity contribution in [2.45, 2.75) is 33.2 Å². The Hall–Kier alpha value is -3.42. The molecule has 1 saturated heterocycles. The fourth-order valence-corrected chi connectivity index (χ4v) is 4.55. The highest BCUT2D eigenvalue weighted by atomic mass is 19.1. The van der Waals surface area contributed by atoms with Crippen LogP contribution >= 0.6 is 0 Å². The summed E-state index contributed by atoms with van der Waals surface area (Å²) in [5.41, 5.74) is 1.65. The second kappa shape index (κ2) is 8.61. The number of aromatic hydroxyl groups is 1. The lowest BCUT2D eigenvalue weighted by molar-refractivity contribution is 0.178. The van der Waals surface area contributed by atoms with Gasteiger partial charge in [0.25, 0.3) is 0 Å². The average Bonchev–Trinajstić information content (AvgIpc) is 3.20. The van der Waals surface area contributed by atoms with Crippen molar-refractivity contribution in [2.24, 2.45) is 11.8 Å². The van der Waals surface area contributed by atoms with Gasteiger partial charge in [0, 0.05) is 24.5 Å². The summed E-state index contributed by atoms with van der Waals surface area (Å²) < 4.78 is 14.6. The van der Waals surface area contributed by atoms with E-state index in [0.29, 0.717) is 24.4 Å². The molecule has 1 aromatic heterocycles. The molecule has 2 heterocycles. The third-order valence-electron chi connectivity index (χ3n) is 6.09. The minimum Gasteiger partial charge on any atom is -0.507 e. The van der Waals surface area contributed by atoms with Crippen LogP contribution in [0.3, 0.4) is 0 Å². The molecular weight excluding hydrogens is 411 g/mol. The van der Waals surface area contributed by atoms with Crippen LogP contribution in [0.1, 0.15) is 25.8 Å². The van der Waals surface area contributed by atoms with Crippen LogP contribution in [-0.4, -0.2) is 45.4 Å². The van der Waals surface area contributed by atoms with Crippen LogP contribution in [0.2, 0.25) is 0 Å². The monoisotopic (exact) mass is 438 g/mol. The molecule has 1 fully saturated rings. The molecule has 0 bridgehead atoms. The Balaban J connectivity index is 1.78. The highest BCUT2D eigenvalue weighted by Gasteiger charge is 2.34. The molecule has 4 rings (SSSR count). The minimum absolute atomic E-state index is 0.0273. The predicted octanol–water partition coefficient (Wildman–Crippen LogP) is 4.57. The number of phenolic OH excluding ortho intramolecular Hbond substituents is 1. The van der Waals surface area contributed by atoms with Crippen LogP contribution in [0.15, 0.2) is 36.4 Å². The van der Waals surface area contributed by atoms with Crippen LogP contribution in [0.5, 0.6) is 5.75 Å². The first-order chi connectivity index (χ1) is 15.2. The number of benzene rings is 2. The lowest BCUT2D eigenvalue weighted by Gasteiger charge is -2.27. The van der Waals surface area contributed by atoms with E-state index in [0.717, 1.165) is 17.4 Å². The van der Waals surface area contributed by atoms with Gasteiger partial charge in [0.1, 0.15) is 17.4 Å². The maximum absolute atomic E-state index is 14.6. The zero-order valence-corrected chi connectivity index (χ0v) is 18.3. The molecule has 1 amide bonds. The SMILES string of the molecule is Cc1ccc2c(N3CCC(C(NC(=O)O)C(C)C)C3)nc(-c3c(O)cccc3F)nc2c1. The summed E-state index contributed by atoms with van der Waals surface area (Å²) in [6.45, 7) is 7.28. The topological polar surface area (TPSA) is 98.6 Å². The Morgan fingerprint density at radius 1 is 1.25 bits per heavy atom. The molecule has 0 aliphatic carbocycles. The fraction of sp³-hybridized carbons (Fsp3) is 0.375. The molecule has 168 valence electrons. The molecule has 7 nitrogen and oxygen atoms in total. The number of carbonyl (C=O) groups is 1. The first-order valence-corrected chi connectivity index (χ1v) is 10.7. The summed E-state index contributed by atoms with van der Waals surface area (Å²) >= 11 is 0. The zero-order valence-electron chi connectivity index (χ0n) is 18.3. The van der Waals surface area contributed by atoms with Gasteiger partial charge in [-0.2, -0.15) is 0 Å². The van der Waals surface area contributed by atoms with E-state index in [-0.39, 0.29) is 35.0 Å². The van der Waals surface area contributed by atoms with Crippen molar-refractivity contribution in [1.29, 1.82) is 0 Å². The number of amides is 1. The summed E-state index contributed by atoms with van der Waals surface area (Å²) in [6, 6.07) is 9.79. The summed E-state index contributed by atoms with van der Waals surface area (Å²) in [6.07, 6.45) is -0.219. The third kappa shape index (κ3) is 4.17. The number of phenols is 1. The fourth-order valence-electron chi connectivity index (χ4n) is 4.55. The van der Waals surface area contributed by atoms with Gasteiger partial charge in [0.15, 0.2) is 5.82 Å². The molecule has 32 heavy (non-hydrogen) atoms. The van der Waals surface area contributed by atoms with Crippen LogP contribution in [0.25, 0.3) is 22.3 Å². The molecule has 0 radical (unpaired) electrons. The van der Waals surface area contributed by atoms with Crippen molar-refractivity contribution in [3.05, 3.63) is 47.8 Å². The van der Waals surface area contributed by atoms with E-state index in [2.05, 4.69) is 20.2 Å². The number of nitrogens with zero attached hydrogens (tertiary/aromatic N) is 3. The molecule has 2 atom stereocenters. The van der Waals surface area contributed by atoms with E-state index < -0.39 is 11.9 Å². The van der Waals surface area contributed by atoms with E-state index in [9.17, 15) is 19.4 Å². The van der Waals surface area contributed by atoms with E-state index >= 15 is 0 Å². The molecule has 3 aromatic rings. The van der Waals surface area contributed by atoms with E-state index in [4.69, 9.17) is 0 Å². The van der Waals surface area contributed by atoms with Crippen molar-refractivity contribution in [2.75, 3.05) is 18.0 Å².